The van der Waals surface area contributed by atoms with Gasteiger partial charge in [0, 0.05) is 42.9 Å². The van der Waals surface area contributed by atoms with Gasteiger partial charge in [0.25, 0.3) is 0 Å². The summed E-state index contributed by atoms with van der Waals surface area (Å²) in [6.07, 6.45) is 9.97. The van der Waals surface area contributed by atoms with Gasteiger partial charge >= 0.3 is 0 Å². The van der Waals surface area contributed by atoms with Crippen LogP contribution in [0.4, 0.5) is 5.69 Å². The molecule has 0 spiro atoms. The van der Waals surface area contributed by atoms with Gasteiger partial charge < -0.3 is 20.1 Å². The number of aromatic nitrogens is 5. The van der Waals surface area contributed by atoms with Crippen LogP contribution in [0.2, 0.25) is 0 Å². The molecule has 3 aromatic heterocycles. The zero-order valence-corrected chi connectivity index (χ0v) is 20.4. The van der Waals surface area contributed by atoms with E-state index in [2.05, 4.69) is 34.6 Å². The topological polar surface area (TPSA) is 96.2 Å². The minimum atomic E-state index is 0.422. The van der Waals surface area contributed by atoms with Gasteiger partial charge in [-0.25, -0.2) is 9.67 Å². The molecule has 3 aromatic rings. The van der Waals surface area contributed by atoms with Crippen molar-refractivity contribution in [3.05, 3.63) is 35.9 Å². The van der Waals surface area contributed by atoms with Crippen LogP contribution in [0.1, 0.15) is 37.9 Å². The van der Waals surface area contributed by atoms with Crippen molar-refractivity contribution < 1.29 is 9.47 Å². The Morgan fingerprint density at radius 3 is 2.88 bits per heavy atom. The number of nitrogens with zero attached hydrogens (tertiary/aromatic N) is 6. The molecule has 182 valence electrons. The lowest BCUT2D eigenvalue weighted by Crippen LogP contribution is -2.41. The lowest BCUT2D eigenvalue weighted by Gasteiger charge is -2.35. The zero-order valence-electron chi connectivity index (χ0n) is 20.4. The predicted octanol–water partition coefficient (Wildman–Crippen LogP) is 2.96. The Kier molecular flexibility index (Phi) is 6.56. The Balaban J connectivity index is 1.44. The lowest BCUT2D eigenvalue weighted by molar-refractivity contribution is 0.128. The first-order valence-electron chi connectivity index (χ1n) is 12.3. The van der Waals surface area contributed by atoms with E-state index in [9.17, 15) is 0 Å². The Labute approximate surface area is 200 Å². The first kappa shape index (κ1) is 22.9. The summed E-state index contributed by atoms with van der Waals surface area (Å²) < 4.78 is 15.1. The summed E-state index contributed by atoms with van der Waals surface area (Å²) in [6.45, 7) is 9.21. The molecule has 1 saturated heterocycles. The van der Waals surface area contributed by atoms with Gasteiger partial charge in [0.2, 0.25) is 5.88 Å². The zero-order chi connectivity index (χ0) is 23.7. The molecule has 0 radical (unpaired) electrons. The number of likely N-dealkylation sites (tertiary alicyclic amines) is 1. The molecule has 1 fully saturated rings. The quantitative estimate of drug-likeness (QED) is 0.598. The molecule has 2 aliphatic rings. The van der Waals surface area contributed by atoms with Gasteiger partial charge in [-0.2, -0.15) is 10.2 Å². The summed E-state index contributed by atoms with van der Waals surface area (Å²) in [7, 11) is 1.57. The van der Waals surface area contributed by atoms with Gasteiger partial charge in [0.1, 0.15) is 0 Å². The molecular weight excluding hydrogens is 430 g/mol. The smallest absolute Gasteiger partial charge is 0.237 e. The highest BCUT2D eigenvalue weighted by atomic mass is 16.5. The van der Waals surface area contributed by atoms with Gasteiger partial charge in [0.05, 0.1) is 55.5 Å². The second-order valence-electron chi connectivity index (χ2n) is 9.64. The van der Waals surface area contributed by atoms with Crippen molar-refractivity contribution in [1.29, 1.82) is 0 Å². The number of nitrogens with two attached hydrogens (primary N) is 1. The van der Waals surface area contributed by atoms with Crippen LogP contribution in [0.15, 0.2) is 24.7 Å². The third-order valence-electron chi connectivity index (χ3n) is 7.00. The first-order chi connectivity index (χ1) is 16.5. The fourth-order valence-corrected chi connectivity index (χ4v) is 5.20. The van der Waals surface area contributed by atoms with Gasteiger partial charge in [0.15, 0.2) is 0 Å². The number of fused-ring (bicyclic) bond motifs is 1. The SMILES string of the molecule is COc1ncc(-n2nc(-c3cnn(CC4CCCN(C(C)C)C4)c3)c3c2CCOCC3)cc1N. The van der Waals surface area contributed by atoms with Crippen LogP contribution in [0.25, 0.3) is 16.9 Å². The van der Waals surface area contributed by atoms with Crippen molar-refractivity contribution in [3.8, 4) is 22.8 Å². The van der Waals surface area contributed by atoms with Crippen LogP contribution < -0.4 is 10.5 Å². The Morgan fingerprint density at radius 1 is 1.24 bits per heavy atom. The van der Waals surface area contributed by atoms with Crippen LogP contribution in [-0.2, 0) is 24.1 Å². The summed E-state index contributed by atoms with van der Waals surface area (Å²) in [5.41, 5.74) is 11.8. The van der Waals surface area contributed by atoms with Crippen molar-refractivity contribution in [1.82, 2.24) is 29.4 Å². The van der Waals surface area contributed by atoms with Gasteiger partial charge in [-0.05, 0) is 51.6 Å². The number of pyridine rings is 1. The molecule has 5 heterocycles. The van der Waals surface area contributed by atoms with Crippen molar-refractivity contribution in [2.45, 2.75) is 52.1 Å². The fraction of sp³-hybridized carbons (Fsp3) is 0.560. The maximum absolute atomic E-state index is 6.14. The number of hydrogen-bond acceptors (Lipinski definition) is 7. The second kappa shape index (κ2) is 9.76. The lowest BCUT2D eigenvalue weighted by atomic mass is 9.97. The largest absolute Gasteiger partial charge is 0.480 e. The Hall–Kier alpha value is -2.91. The molecule has 1 atom stereocenters. The minimum Gasteiger partial charge on any atom is -0.480 e. The first-order valence-corrected chi connectivity index (χ1v) is 12.3. The molecule has 9 heteroatoms. The maximum Gasteiger partial charge on any atom is 0.237 e. The monoisotopic (exact) mass is 465 g/mol. The highest BCUT2D eigenvalue weighted by Gasteiger charge is 2.25. The predicted molar refractivity (Wildman–Crippen MR) is 131 cm³/mol. The van der Waals surface area contributed by atoms with Crippen molar-refractivity contribution in [2.24, 2.45) is 5.92 Å². The number of anilines is 1. The number of ether oxygens (including phenoxy) is 2. The summed E-state index contributed by atoms with van der Waals surface area (Å²) in [6, 6.07) is 2.46. The number of piperidine rings is 1. The van der Waals surface area contributed by atoms with E-state index in [1.165, 1.54) is 24.9 Å². The number of hydrogen-bond donors (Lipinski definition) is 1. The van der Waals surface area contributed by atoms with E-state index in [4.69, 9.17) is 25.4 Å². The third-order valence-corrected chi connectivity index (χ3v) is 7.00. The van der Waals surface area contributed by atoms with Crippen LogP contribution in [-0.4, -0.2) is 68.9 Å². The van der Waals surface area contributed by atoms with E-state index in [1.807, 2.05) is 16.9 Å². The molecule has 0 bridgehead atoms. The van der Waals surface area contributed by atoms with Gasteiger partial charge in [-0.15, -0.1) is 0 Å². The van der Waals surface area contributed by atoms with E-state index < -0.39 is 0 Å². The molecule has 0 amide bonds. The molecule has 5 rings (SSSR count). The van der Waals surface area contributed by atoms with Crippen molar-refractivity contribution in [3.63, 3.8) is 0 Å². The fourth-order valence-electron chi connectivity index (χ4n) is 5.20. The summed E-state index contributed by atoms with van der Waals surface area (Å²) in [4.78, 5) is 6.93. The molecule has 0 aliphatic carbocycles. The van der Waals surface area contributed by atoms with Crippen molar-refractivity contribution in [2.75, 3.05) is 39.1 Å². The maximum atomic E-state index is 6.14. The van der Waals surface area contributed by atoms with E-state index in [1.54, 1.807) is 13.3 Å². The molecule has 9 nitrogen and oxygen atoms in total. The van der Waals surface area contributed by atoms with E-state index in [0.29, 0.717) is 36.7 Å². The van der Waals surface area contributed by atoms with E-state index >= 15 is 0 Å². The molecule has 0 aromatic carbocycles. The third kappa shape index (κ3) is 4.54. The van der Waals surface area contributed by atoms with Crippen LogP contribution >= 0.6 is 0 Å². The summed E-state index contributed by atoms with van der Waals surface area (Å²) in [5, 5.41) is 9.75. The molecule has 1 unspecified atom stereocenters. The summed E-state index contributed by atoms with van der Waals surface area (Å²) >= 11 is 0. The van der Waals surface area contributed by atoms with Crippen LogP contribution in [0, 0.1) is 5.92 Å². The highest BCUT2D eigenvalue weighted by Crippen LogP contribution is 2.31. The summed E-state index contributed by atoms with van der Waals surface area (Å²) in [5.74, 6) is 1.05. The van der Waals surface area contributed by atoms with Crippen LogP contribution in [0.3, 0.4) is 0 Å². The van der Waals surface area contributed by atoms with Crippen LogP contribution in [0.5, 0.6) is 5.88 Å². The van der Waals surface area contributed by atoms with Crippen molar-refractivity contribution >= 4 is 5.69 Å². The molecule has 34 heavy (non-hydrogen) atoms. The second-order valence-corrected chi connectivity index (χ2v) is 9.64. The van der Waals surface area contributed by atoms with Gasteiger partial charge in [-0.3, -0.25) is 4.68 Å². The molecule has 2 N–H and O–H groups in total. The normalized spacial score (nSPS) is 19.2. The van der Waals surface area contributed by atoms with Gasteiger partial charge in [-0.1, -0.05) is 0 Å². The average Bonchev–Trinajstić information content (AvgIpc) is 3.35. The molecular formula is C25H35N7O2. The Bertz CT molecular complexity index is 1140. The van der Waals surface area contributed by atoms with E-state index in [0.717, 1.165) is 48.6 Å². The highest BCUT2D eigenvalue weighted by molar-refractivity contribution is 5.64. The average molecular weight is 466 g/mol. The standard InChI is InChI=1S/C25H35N7O2/c1-17(2)30-8-4-5-18(14-30)15-31-16-19(12-28-31)24-21-6-9-34-10-7-23(21)32(29-24)20-11-22(26)25(33-3)27-13-20/h11-13,16-18H,4-10,14-15,26H2,1-3H3. The minimum absolute atomic E-state index is 0.422. The Morgan fingerprint density at radius 2 is 2.09 bits per heavy atom. The molecule has 0 saturated carbocycles. The number of methoxy groups -OCH3 is 1. The van der Waals surface area contributed by atoms with E-state index in [-0.39, 0.29) is 0 Å². The number of nitrogen functional groups attached to an aromatic ring is 1. The number of rotatable bonds is 6. The molecule has 2 aliphatic heterocycles.